The van der Waals surface area contributed by atoms with E-state index in [0.29, 0.717) is 18.1 Å². The van der Waals surface area contributed by atoms with Crippen LogP contribution in [0.15, 0.2) is 48.5 Å². The molecule has 0 heterocycles. The predicted molar refractivity (Wildman–Crippen MR) is 76.9 cm³/mol. The number of benzene rings is 2. The van der Waals surface area contributed by atoms with Crippen molar-refractivity contribution in [2.75, 3.05) is 13.7 Å². The van der Waals surface area contributed by atoms with Crippen LogP contribution >= 0.6 is 0 Å². The molecule has 0 aliphatic heterocycles. The van der Waals surface area contributed by atoms with Crippen LogP contribution in [-0.4, -0.2) is 24.8 Å². The maximum atomic E-state index is 10.4. The molecule has 0 aliphatic carbocycles. The van der Waals surface area contributed by atoms with Crippen molar-refractivity contribution < 1.29 is 24.1 Å². The van der Waals surface area contributed by atoms with Gasteiger partial charge in [0.15, 0.2) is 6.61 Å². The highest BCUT2D eigenvalue weighted by molar-refractivity contribution is 5.68. The Hall–Kier alpha value is -2.69. The summed E-state index contributed by atoms with van der Waals surface area (Å²) < 4.78 is 15.8. The van der Waals surface area contributed by atoms with E-state index in [-0.39, 0.29) is 6.61 Å². The van der Waals surface area contributed by atoms with Gasteiger partial charge in [-0.2, -0.15) is 0 Å². The maximum Gasteiger partial charge on any atom is 0.341 e. The van der Waals surface area contributed by atoms with Gasteiger partial charge in [-0.25, -0.2) is 4.79 Å². The molecule has 0 unspecified atom stereocenters. The highest BCUT2D eigenvalue weighted by atomic mass is 16.5. The van der Waals surface area contributed by atoms with Crippen molar-refractivity contribution in [1.29, 1.82) is 0 Å². The number of rotatable bonds is 7. The minimum absolute atomic E-state index is 0.355. The van der Waals surface area contributed by atoms with Crippen LogP contribution in [0.1, 0.15) is 5.56 Å². The minimum Gasteiger partial charge on any atom is -0.497 e. The average Bonchev–Trinajstić information content (AvgIpc) is 2.52. The number of aliphatic carboxylic acids is 1. The maximum absolute atomic E-state index is 10.4. The van der Waals surface area contributed by atoms with Crippen LogP contribution in [0.4, 0.5) is 0 Å². The van der Waals surface area contributed by atoms with Crippen molar-refractivity contribution in [2.45, 2.75) is 6.61 Å². The predicted octanol–water partition coefficient (Wildman–Crippen LogP) is 2.74. The average molecular weight is 288 g/mol. The van der Waals surface area contributed by atoms with Gasteiger partial charge >= 0.3 is 5.97 Å². The molecule has 0 aromatic heterocycles. The SMILES string of the molecule is COc1ccc(COc2ccc(OCC(=O)O)cc2)cc1. The molecule has 0 bridgehead atoms. The van der Waals surface area contributed by atoms with Crippen molar-refractivity contribution in [1.82, 2.24) is 0 Å². The molecule has 0 spiro atoms. The first kappa shape index (κ1) is 14.7. The molecular weight excluding hydrogens is 272 g/mol. The molecule has 2 aromatic rings. The van der Waals surface area contributed by atoms with E-state index in [0.717, 1.165) is 11.3 Å². The lowest BCUT2D eigenvalue weighted by Crippen LogP contribution is -2.09. The van der Waals surface area contributed by atoms with E-state index in [4.69, 9.17) is 19.3 Å². The molecule has 5 nitrogen and oxygen atoms in total. The topological polar surface area (TPSA) is 65.0 Å². The molecule has 1 N–H and O–H groups in total. The van der Waals surface area contributed by atoms with Crippen molar-refractivity contribution in [3.8, 4) is 17.2 Å². The molecule has 0 fully saturated rings. The van der Waals surface area contributed by atoms with Gasteiger partial charge in [0.1, 0.15) is 23.9 Å². The molecule has 5 heteroatoms. The number of hydrogen-bond acceptors (Lipinski definition) is 4. The smallest absolute Gasteiger partial charge is 0.341 e. The summed E-state index contributed by atoms with van der Waals surface area (Å²) in [7, 11) is 1.62. The quantitative estimate of drug-likeness (QED) is 0.848. The largest absolute Gasteiger partial charge is 0.497 e. The van der Waals surface area contributed by atoms with Gasteiger partial charge in [-0.05, 0) is 42.0 Å². The van der Waals surface area contributed by atoms with E-state index in [1.54, 1.807) is 31.4 Å². The third-order valence-electron chi connectivity index (χ3n) is 2.75. The van der Waals surface area contributed by atoms with Crippen molar-refractivity contribution in [2.24, 2.45) is 0 Å². The fourth-order valence-electron chi connectivity index (χ4n) is 1.67. The molecular formula is C16H16O5. The molecule has 2 rings (SSSR count). The standard InChI is InChI=1S/C16H16O5/c1-19-13-4-2-12(3-5-13)10-20-14-6-8-15(9-7-14)21-11-16(17)18/h2-9H,10-11H2,1H3,(H,17,18). The van der Waals surface area contributed by atoms with E-state index in [1.165, 1.54) is 0 Å². The lowest BCUT2D eigenvalue weighted by Gasteiger charge is -2.08. The second kappa shape index (κ2) is 7.19. The second-order valence-corrected chi connectivity index (χ2v) is 4.29. The first-order chi connectivity index (χ1) is 10.2. The lowest BCUT2D eigenvalue weighted by molar-refractivity contribution is -0.139. The van der Waals surface area contributed by atoms with Crippen LogP contribution in [0, 0.1) is 0 Å². The molecule has 0 saturated heterocycles. The van der Waals surface area contributed by atoms with E-state index in [1.807, 2.05) is 24.3 Å². The van der Waals surface area contributed by atoms with Gasteiger partial charge in [0.25, 0.3) is 0 Å². The van der Waals surface area contributed by atoms with Crippen LogP contribution in [0.3, 0.4) is 0 Å². The first-order valence-electron chi connectivity index (χ1n) is 6.38. The molecule has 2 aromatic carbocycles. The van der Waals surface area contributed by atoms with Crippen LogP contribution in [0.5, 0.6) is 17.2 Å². The number of carboxylic acids is 1. The van der Waals surface area contributed by atoms with E-state index in [9.17, 15) is 4.79 Å². The second-order valence-electron chi connectivity index (χ2n) is 4.29. The Kier molecular flexibility index (Phi) is 5.04. The first-order valence-corrected chi connectivity index (χ1v) is 6.38. The Bertz CT molecular complexity index is 575. The summed E-state index contributed by atoms with van der Waals surface area (Å²) in [5.74, 6) is 0.983. The Morgan fingerprint density at radius 1 is 0.905 bits per heavy atom. The molecule has 0 saturated carbocycles. The van der Waals surface area contributed by atoms with Gasteiger partial charge < -0.3 is 19.3 Å². The molecule has 0 aliphatic rings. The van der Waals surface area contributed by atoms with Crippen LogP contribution in [0.25, 0.3) is 0 Å². The summed E-state index contributed by atoms with van der Waals surface area (Å²) in [6.07, 6.45) is 0. The third kappa shape index (κ3) is 4.72. The summed E-state index contributed by atoms with van der Waals surface area (Å²) in [5.41, 5.74) is 1.03. The summed E-state index contributed by atoms with van der Waals surface area (Å²) in [6, 6.07) is 14.4. The Morgan fingerprint density at radius 3 is 1.95 bits per heavy atom. The highest BCUT2D eigenvalue weighted by Gasteiger charge is 2.01. The number of methoxy groups -OCH3 is 1. The summed E-state index contributed by atoms with van der Waals surface area (Å²) in [4.78, 5) is 10.4. The van der Waals surface area contributed by atoms with Crippen LogP contribution in [0.2, 0.25) is 0 Å². The lowest BCUT2D eigenvalue weighted by atomic mass is 10.2. The third-order valence-corrected chi connectivity index (χ3v) is 2.75. The number of carbonyl (C=O) groups is 1. The van der Waals surface area contributed by atoms with E-state index >= 15 is 0 Å². The van der Waals surface area contributed by atoms with E-state index in [2.05, 4.69) is 0 Å². The molecule has 0 radical (unpaired) electrons. The molecule has 110 valence electrons. The van der Waals surface area contributed by atoms with Crippen LogP contribution < -0.4 is 14.2 Å². The minimum atomic E-state index is -1.00. The zero-order valence-electron chi connectivity index (χ0n) is 11.6. The van der Waals surface area contributed by atoms with Gasteiger partial charge in [-0.1, -0.05) is 12.1 Å². The van der Waals surface area contributed by atoms with Gasteiger partial charge in [0, 0.05) is 0 Å². The summed E-state index contributed by atoms with van der Waals surface area (Å²) >= 11 is 0. The Labute approximate surface area is 122 Å². The van der Waals surface area contributed by atoms with Crippen LogP contribution in [-0.2, 0) is 11.4 Å². The summed E-state index contributed by atoms with van der Waals surface area (Å²) in [6.45, 7) is 0.0887. The molecule has 0 atom stereocenters. The number of hydrogen-bond donors (Lipinski definition) is 1. The van der Waals surface area contributed by atoms with Crippen molar-refractivity contribution >= 4 is 5.97 Å². The van der Waals surface area contributed by atoms with Crippen molar-refractivity contribution in [3.05, 3.63) is 54.1 Å². The zero-order chi connectivity index (χ0) is 15.1. The monoisotopic (exact) mass is 288 g/mol. The molecule has 21 heavy (non-hydrogen) atoms. The Morgan fingerprint density at radius 2 is 1.43 bits per heavy atom. The van der Waals surface area contributed by atoms with E-state index < -0.39 is 5.97 Å². The van der Waals surface area contributed by atoms with Gasteiger partial charge in [0.2, 0.25) is 0 Å². The summed E-state index contributed by atoms with van der Waals surface area (Å²) in [5, 5.41) is 8.52. The fourth-order valence-corrected chi connectivity index (χ4v) is 1.67. The normalized spacial score (nSPS) is 9.95. The van der Waals surface area contributed by atoms with Crippen molar-refractivity contribution in [3.63, 3.8) is 0 Å². The zero-order valence-corrected chi connectivity index (χ0v) is 11.6. The highest BCUT2D eigenvalue weighted by Crippen LogP contribution is 2.19. The fraction of sp³-hybridized carbons (Fsp3) is 0.188. The van der Waals surface area contributed by atoms with Gasteiger partial charge in [0.05, 0.1) is 7.11 Å². The van der Waals surface area contributed by atoms with Gasteiger partial charge in [-0.3, -0.25) is 0 Å². The van der Waals surface area contributed by atoms with Gasteiger partial charge in [-0.15, -0.1) is 0 Å². The number of ether oxygens (including phenoxy) is 3. The number of carboxylic acid groups (broad SMARTS) is 1. The Balaban J connectivity index is 1.86. The molecule has 0 amide bonds.